The largest absolute Gasteiger partial charge is 0.353 e. The van der Waals surface area contributed by atoms with Gasteiger partial charge >= 0.3 is 0 Å². The van der Waals surface area contributed by atoms with E-state index in [1.807, 2.05) is 0 Å². The van der Waals surface area contributed by atoms with Gasteiger partial charge in [0.25, 0.3) is 5.91 Å². The Morgan fingerprint density at radius 3 is 2.48 bits per heavy atom. The molecule has 4 rings (SSSR count). The highest BCUT2D eigenvalue weighted by Crippen LogP contribution is 2.28. The molecule has 2 unspecified atom stereocenters. The van der Waals surface area contributed by atoms with Gasteiger partial charge in [0.1, 0.15) is 23.6 Å². The molecule has 2 fully saturated rings. The van der Waals surface area contributed by atoms with E-state index < -0.39 is 35.6 Å². The minimum absolute atomic E-state index is 0.0832. The quantitative estimate of drug-likeness (QED) is 0.305. The van der Waals surface area contributed by atoms with Gasteiger partial charge in [-0.05, 0) is 48.7 Å². The summed E-state index contributed by atoms with van der Waals surface area (Å²) in [4.78, 5) is 17.3. The maximum atomic E-state index is 13.8. The molecule has 11 heteroatoms. The summed E-state index contributed by atoms with van der Waals surface area (Å²) in [6.07, 6.45) is 3.63. The van der Waals surface area contributed by atoms with Crippen molar-refractivity contribution in [2.24, 2.45) is 10.8 Å². The van der Waals surface area contributed by atoms with E-state index in [0.717, 1.165) is 37.8 Å². The van der Waals surface area contributed by atoms with Gasteiger partial charge in [-0.15, -0.1) is 0 Å². The van der Waals surface area contributed by atoms with Gasteiger partial charge in [-0.3, -0.25) is 16.0 Å². The lowest BCUT2D eigenvalue weighted by Gasteiger charge is -2.20. The summed E-state index contributed by atoms with van der Waals surface area (Å²) in [6.45, 7) is 0. The summed E-state index contributed by atoms with van der Waals surface area (Å²) in [7, 11) is 0. The number of guanidine groups is 1. The predicted octanol–water partition coefficient (Wildman–Crippen LogP) is 3.53. The molecule has 5 N–H and O–H groups in total. The van der Waals surface area contributed by atoms with Gasteiger partial charge in [-0.25, -0.2) is 23.6 Å². The van der Waals surface area contributed by atoms with Crippen LogP contribution in [-0.4, -0.2) is 29.2 Å². The number of nitrogens with zero attached hydrogens (tertiary/aromatic N) is 2. The Labute approximate surface area is 194 Å². The fourth-order valence-electron chi connectivity index (χ4n) is 4.08. The van der Waals surface area contributed by atoms with Crippen molar-refractivity contribution in [3.63, 3.8) is 0 Å². The molecule has 1 aliphatic heterocycles. The van der Waals surface area contributed by atoms with Crippen LogP contribution in [0.1, 0.15) is 54.1 Å². The van der Waals surface area contributed by atoms with E-state index >= 15 is 0 Å². The smallest absolute Gasteiger partial charge is 0.258 e. The molecular formula is C22H24ClF3N6O. The average Bonchev–Trinajstić information content (AvgIpc) is 3.39. The molecule has 2 atom stereocenters. The van der Waals surface area contributed by atoms with E-state index in [1.165, 1.54) is 29.4 Å². The monoisotopic (exact) mass is 480 g/mol. The van der Waals surface area contributed by atoms with Gasteiger partial charge in [0.05, 0.1) is 11.1 Å². The highest BCUT2D eigenvalue weighted by Gasteiger charge is 2.32. The Hall–Kier alpha value is -2.66. The molecule has 1 saturated heterocycles. The first kappa shape index (κ1) is 23.5. The highest BCUT2D eigenvalue weighted by molar-refractivity contribution is 6.30. The lowest BCUT2D eigenvalue weighted by Crippen LogP contribution is -2.48. The number of carbonyl (C=O) groups excluding carboxylic acids is 1. The fraction of sp³-hybridized carbons (Fsp3) is 0.364. The molecule has 176 valence electrons. The van der Waals surface area contributed by atoms with Crippen molar-refractivity contribution >= 4 is 23.5 Å². The number of amides is 1. The minimum Gasteiger partial charge on any atom is -0.353 e. The number of nitrogens with one attached hydrogen (secondary N) is 3. The van der Waals surface area contributed by atoms with Crippen molar-refractivity contribution in [2.45, 2.75) is 50.4 Å². The lowest BCUT2D eigenvalue weighted by molar-refractivity contribution is 0.0974. The number of hydrogen-bond acceptors (Lipinski definition) is 5. The van der Waals surface area contributed by atoms with Crippen LogP contribution in [0.25, 0.3) is 0 Å². The van der Waals surface area contributed by atoms with E-state index in [2.05, 4.69) is 21.1 Å². The number of aliphatic imine (C=N–C) groups is 1. The van der Waals surface area contributed by atoms with Crippen LogP contribution >= 0.6 is 11.6 Å². The van der Waals surface area contributed by atoms with Gasteiger partial charge in [-0.2, -0.15) is 5.12 Å². The first-order chi connectivity index (χ1) is 15.8. The Balaban J connectivity index is 1.53. The summed E-state index contributed by atoms with van der Waals surface area (Å²) in [5, 5.41) is 7.07. The Morgan fingerprint density at radius 1 is 1.12 bits per heavy atom. The van der Waals surface area contributed by atoms with Crippen LogP contribution in [0.3, 0.4) is 0 Å². The molecule has 0 radical (unpaired) electrons. The molecule has 7 nitrogen and oxygen atoms in total. The van der Waals surface area contributed by atoms with Crippen molar-refractivity contribution in [1.29, 1.82) is 0 Å². The Kier molecular flexibility index (Phi) is 7.18. The van der Waals surface area contributed by atoms with Gasteiger partial charge in [0.2, 0.25) is 0 Å². The molecule has 2 aromatic carbocycles. The van der Waals surface area contributed by atoms with Gasteiger partial charge < -0.3 is 5.32 Å². The topological polar surface area (TPSA) is 94.8 Å². The van der Waals surface area contributed by atoms with Crippen LogP contribution in [0.5, 0.6) is 0 Å². The van der Waals surface area contributed by atoms with Crippen LogP contribution in [0.4, 0.5) is 13.2 Å². The van der Waals surface area contributed by atoms with E-state index in [0.29, 0.717) is 12.0 Å². The van der Waals surface area contributed by atoms with E-state index in [1.54, 1.807) is 0 Å². The number of benzene rings is 2. The summed E-state index contributed by atoms with van der Waals surface area (Å²) < 4.78 is 41.1. The number of carbonyl (C=O) groups is 1. The summed E-state index contributed by atoms with van der Waals surface area (Å²) in [5.41, 5.74) is 3.42. The summed E-state index contributed by atoms with van der Waals surface area (Å²) >= 11 is 5.70. The third-order valence-electron chi connectivity index (χ3n) is 5.75. The molecule has 0 aromatic heterocycles. The first-order valence-electron chi connectivity index (χ1n) is 10.7. The van der Waals surface area contributed by atoms with Crippen molar-refractivity contribution in [3.8, 4) is 0 Å². The third-order valence-corrected chi connectivity index (χ3v) is 6.05. The maximum Gasteiger partial charge on any atom is 0.258 e. The molecule has 0 bridgehead atoms. The molecule has 33 heavy (non-hydrogen) atoms. The SMILES string of the molecule is NN1NC(c2cc(F)cc(F)c2)CC1N=C(NC(=O)c1ccc(Cl)c(F)c1)NC1CCCC1. The Bertz CT molecular complexity index is 1040. The number of hydrogen-bond donors (Lipinski definition) is 4. The number of rotatable bonds is 4. The number of halogens is 4. The maximum absolute atomic E-state index is 13.8. The molecule has 1 saturated carbocycles. The van der Waals surface area contributed by atoms with E-state index in [4.69, 9.17) is 17.4 Å². The fourth-order valence-corrected chi connectivity index (χ4v) is 4.20. The van der Waals surface area contributed by atoms with Crippen LogP contribution in [0.15, 0.2) is 41.4 Å². The van der Waals surface area contributed by atoms with Gasteiger partial charge in [0.15, 0.2) is 5.96 Å². The second kappa shape index (κ2) is 10.1. The van der Waals surface area contributed by atoms with E-state index in [9.17, 15) is 18.0 Å². The zero-order chi connectivity index (χ0) is 23.5. The van der Waals surface area contributed by atoms with Crippen molar-refractivity contribution in [2.75, 3.05) is 0 Å². The van der Waals surface area contributed by atoms with Crippen molar-refractivity contribution in [3.05, 3.63) is 70.0 Å². The van der Waals surface area contributed by atoms with E-state index in [-0.39, 0.29) is 22.6 Å². The summed E-state index contributed by atoms with van der Waals surface area (Å²) in [5.74, 6) is 3.59. The van der Waals surface area contributed by atoms with Crippen LogP contribution < -0.4 is 21.9 Å². The molecule has 2 aliphatic rings. The standard InChI is InChI=1S/C22H24ClF3N6O/c23-17-6-5-12(9-18(17)26)21(33)30-22(28-16-3-1-2-4-16)29-20-11-19(31-32(20)27)13-7-14(24)10-15(25)8-13/h5-10,16,19-20,31H,1-4,11,27H2,(H2,28,29,30,33). The summed E-state index contributed by atoms with van der Waals surface area (Å²) in [6, 6.07) is 6.68. The van der Waals surface area contributed by atoms with Crippen molar-refractivity contribution in [1.82, 2.24) is 21.2 Å². The zero-order valence-electron chi connectivity index (χ0n) is 17.6. The molecular weight excluding hydrogens is 457 g/mol. The second-order valence-corrected chi connectivity index (χ2v) is 8.60. The lowest BCUT2D eigenvalue weighted by atomic mass is 10.0. The molecule has 2 aromatic rings. The van der Waals surface area contributed by atoms with Crippen LogP contribution in [0.2, 0.25) is 5.02 Å². The van der Waals surface area contributed by atoms with Crippen LogP contribution in [0, 0.1) is 17.5 Å². The highest BCUT2D eigenvalue weighted by atomic mass is 35.5. The average molecular weight is 481 g/mol. The van der Waals surface area contributed by atoms with Crippen LogP contribution in [-0.2, 0) is 0 Å². The van der Waals surface area contributed by atoms with Gasteiger partial charge in [-0.1, -0.05) is 24.4 Å². The predicted molar refractivity (Wildman–Crippen MR) is 118 cm³/mol. The normalized spacial score (nSPS) is 22.0. The zero-order valence-corrected chi connectivity index (χ0v) is 18.4. The minimum atomic E-state index is -0.704. The molecule has 1 heterocycles. The second-order valence-electron chi connectivity index (χ2n) is 8.19. The molecule has 1 aliphatic carbocycles. The first-order valence-corrected chi connectivity index (χ1v) is 11.0. The van der Waals surface area contributed by atoms with Gasteiger partial charge in [0, 0.05) is 24.1 Å². The third kappa shape index (κ3) is 5.83. The molecule has 0 spiro atoms. The number of hydrazine groups is 2. The number of nitrogens with two attached hydrogens (primary N) is 1. The Morgan fingerprint density at radius 2 is 1.82 bits per heavy atom. The van der Waals surface area contributed by atoms with Crippen molar-refractivity contribution < 1.29 is 18.0 Å². The molecule has 1 amide bonds.